The molecule has 0 aromatic carbocycles. The molecule has 0 aliphatic rings. The first-order valence-corrected chi connectivity index (χ1v) is 9.91. The van der Waals surface area contributed by atoms with E-state index in [1.165, 1.54) is 15.4 Å². The Bertz CT molecular complexity index is 616. The van der Waals surface area contributed by atoms with Crippen LogP contribution >= 0.6 is 22.7 Å². The van der Waals surface area contributed by atoms with E-state index in [1.54, 1.807) is 22.7 Å². The molecule has 0 fully saturated rings. The SMILES string of the molecule is CCNC(=NCc1sccc1C)NCCCCc1nc(C)cs1. The van der Waals surface area contributed by atoms with Gasteiger partial charge in [-0.05, 0) is 57.0 Å². The van der Waals surface area contributed by atoms with E-state index < -0.39 is 0 Å². The number of nitrogens with zero attached hydrogens (tertiary/aromatic N) is 2. The van der Waals surface area contributed by atoms with E-state index in [0.717, 1.165) is 50.6 Å². The largest absolute Gasteiger partial charge is 0.357 e. The number of rotatable bonds is 8. The van der Waals surface area contributed by atoms with Gasteiger partial charge in [0.15, 0.2) is 5.96 Å². The summed E-state index contributed by atoms with van der Waals surface area (Å²) in [5.41, 5.74) is 2.46. The minimum Gasteiger partial charge on any atom is -0.357 e. The zero-order valence-electron chi connectivity index (χ0n) is 14.2. The lowest BCUT2D eigenvalue weighted by Crippen LogP contribution is -2.37. The average molecular weight is 351 g/mol. The van der Waals surface area contributed by atoms with Crippen molar-refractivity contribution in [2.24, 2.45) is 4.99 Å². The topological polar surface area (TPSA) is 49.3 Å². The van der Waals surface area contributed by atoms with Gasteiger partial charge in [-0.25, -0.2) is 9.98 Å². The van der Waals surface area contributed by atoms with Crippen molar-refractivity contribution in [3.05, 3.63) is 38.0 Å². The summed E-state index contributed by atoms with van der Waals surface area (Å²) < 4.78 is 0. The lowest BCUT2D eigenvalue weighted by atomic mass is 10.2. The molecule has 0 saturated carbocycles. The van der Waals surface area contributed by atoms with E-state index >= 15 is 0 Å². The number of hydrogen-bond acceptors (Lipinski definition) is 4. The quantitative estimate of drug-likeness (QED) is 0.431. The predicted octanol–water partition coefficient (Wildman–Crippen LogP) is 3.90. The third-order valence-electron chi connectivity index (χ3n) is 3.47. The highest BCUT2D eigenvalue weighted by Crippen LogP contribution is 2.16. The van der Waals surface area contributed by atoms with Crippen molar-refractivity contribution in [1.82, 2.24) is 15.6 Å². The number of hydrogen-bond donors (Lipinski definition) is 2. The summed E-state index contributed by atoms with van der Waals surface area (Å²) in [5.74, 6) is 0.908. The molecule has 0 atom stereocenters. The average Bonchev–Trinajstić information content (AvgIpc) is 3.13. The number of thiazole rings is 1. The maximum atomic E-state index is 4.67. The Morgan fingerprint density at radius 2 is 2.09 bits per heavy atom. The van der Waals surface area contributed by atoms with Gasteiger partial charge in [0, 0.05) is 29.0 Å². The number of aryl methyl sites for hydroxylation is 3. The van der Waals surface area contributed by atoms with Gasteiger partial charge in [-0.15, -0.1) is 22.7 Å². The van der Waals surface area contributed by atoms with Crippen LogP contribution in [0.2, 0.25) is 0 Å². The molecule has 23 heavy (non-hydrogen) atoms. The number of nitrogens with one attached hydrogen (secondary N) is 2. The van der Waals surface area contributed by atoms with Crippen molar-refractivity contribution < 1.29 is 0 Å². The van der Waals surface area contributed by atoms with Gasteiger partial charge in [0.25, 0.3) is 0 Å². The molecule has 2 aromatic rings. The van der Waals surface area contributed by atoms with Crippen molar-refractivity contribution >= 4 is 28.6 Å². The van der Waals surface area contributed by atoms with Gasteiger partial charge in [-0.2, -0.15) is 0 Å². The molecule has 126 valence electrons. The van der Waals surface area contributed by atoms with Crippen LogP contribution in [0, 0.1) is 13.8 Å². The Hall–Kier alpha value is -1.40. The second kappa shape index (κ2) is 9.67. The van der Waals surface area contributed by atoms with Crippen LogP contribution in [-0.4, -0.2) is 24.0 Å². The van der Waals surface area contributed by atoms with E-state index in [9.17, 15) is 0 Å². The molecule has 2 aromatic heterocycles. The van der Waals surface area contributed by atoms with E-state index in [2.05, 4.69) is 58.2 Å². The Morgan fingerprint density at radius 1 is 1.22 bits per heavy atom. The molecule has 0 amide bonds. The van der Waals surface area contributed by atoms with Gasteiger partial charge >= 0.3 is 0 Å². The molecule has 2 heterocycles. The maximum Gasteiger partial charge on any atom is 0.191 e. The second-order valence-corrected chi connectivity index (χ2v) is 7.43. The first kappa shape index (κ1) is 17.9. The third kappa shape index (κ3) is 6.31. The van der Waals surface area contributed by atoms with Crippen LogP contribution in [0.4, 0.5) is 0 Å². The highest BCUT2D eigenvalue weighted by atomic mass is 32.1. The maximum absolute atomic E-state index is 4.67. The minimum absolute atomic E-state index is 0.747. The summed E-state index contributed by atoms with van der Waals surface area (Å²) in [6.45, 7) is 8.86. The normalized spacial score (nSPS) is 11.7. The fourth-order valence-electron chi connectivity index (χ4n) is 2.18. The molecule has 0 radical (unpaired) electrons. The number of guanidine groups is 1. The number of aliphatic imine (C=N–C) groups is 1. The van der Waals surface area contributed by atoms with Crippen molar-refractivity contribution in [2.75, 3.05) is 13.1 Å². The van der Waals surface area contributed by atoms with Gasteiger partial charge in [0.1, 0.15) is 0 Å². The first-order chi connectivity index (χ1) is 11.2. The van der Waals surface area contributed by atoms with Gasteiger partial charge in [-0.3, -0.25) is 0 Å². The molecule has 4 nitrogen and oxygen atoms in total. The molecule has 6 heteroatoms. The van der Waals surface area contributed by atoms with Crippen LogP contribution < -0.4 is 10.6 Å². The molecule has 2 N–H and O–H groups in total. The predicted molar refractivity (Wildman–Crippen MR) is 102 cm³/mol. The van der Waals surface area contributed by atoms with Crippen molar-refractivity contribution in [1.29, 1.82) is 0 Å². The fraction of sp³-hybridized carbons (Fsp3) is 0.529. The summed E-state index contributed by atoms with van der Waals surface area (Å²) in [6, 6.07) is 2.15. The van der Waals surface area contributed by atoms with Crippen molar-refractivity contribution in [3.8, 4) is 0 Å². The molecular formula is C17H26N4S2. The zero-order chi connectivity index (χ0) is 16.5. The van der Waals surface area contributed by atoms with Crippen LogP contribution in [0.25, 0.3) is 0 Å². The van der Waals surface area contributed by atoms with Crippen LogP contribution in [0.15, 0.2) is 21.8 Å². The Kier molecular flexibility index (Phi) is 7.55. The van der Waals surface area contributed by atoms with Crippen molar-refractivity contribution in [2.45, 2.75) is 46.6 Å². The molecule has 2 rings (SSSR count). The highest BCUT2D eigenvalue weighted by molar-refractivity contribution is 7.10. The van der Waals surface area contributed by atoms with Gasteiger partial charge in [0.2, 0.25) is 0 Å². The van der Waals surface area contributed by atoms with E-state index in [0.29, 0.717) is 0 Å². The summed E-state index contributed by atoms with van der Waals surface area (Å²) in [4.78, 5) is 10.5. The second-order valence-electron chi connectivity index (χ2n) is 5.49. The molecule has 0 unspecified atom stereocenters. The van der Waals surface area contributed by atoms with Crippen LogP contribution in [0.3, 0.4) is 0 Å². The van der Waals surface area contributed by atoms with Gasteiger partial charge in [-0.1, -0.05) is 0 Å². The summed E-state index contributed by atoms with van der Waals surface area (Å²) in [6.07, 6.45) is 3.35. The number of aromatic nitrogens is 1. The Balaban J connectivity index is 1.70. The summed E-state index contributed by atoms with van der Waals surface area (Å²) in [7, 11) is 0. The highest BCUT2D eigenvalue weighted by Gasteiger charge is 2.02. The van der Waals surface area contributed by atoms with E-state index in [1.807, 2.05) is 0 Å². The molecule has 0 aliphatic heterocycles. The summed E-state index contributed by atoms with van der Waals surface area (Å²) in [5, 5.41) is 12.2. The lowest BCUT2D eigenvalue weighted by molar-refractivity contribution is 0.692. The van der Waals surface area contributed by atoms with Gasteiger partial charge < -0.3 is 10.6 Å². The lowest BCUT2D eigenvalue weighted by Gasteiger charge is -2.11. The van der Waals surface area contributed by atoms with Crippen molar-refractivity contribution in [3.63, 3.8) is 0 Å². The van der Waals surface area contributed by atoms with Crippen LogP contribution in [0.1, 0.15) is 40.9 Å². The fourth-order valence-corrected chi connectivity index (χ4v) is 3.83. The molecule has 0 saturated heterocycles. The molecule has 0 bridgehead atoms. The molecule has 0 aliphatic carbocycles. The Morgan fingerprint density at radius 3 is 2.74 bits per heavy atom. The minimum atomic E-state index is 0.747. The van der Waals surface area contributed by atoms with Gasteiger partial charge in [0.05, 0.1) is 11.6 Å². The smallest absolute Gasteiger partial charge is 0.191 e. The third-order valence-corrected chi connectivity index (χ3v) is 5.50. The van der Waals surface area contributed by atoms with E-state index in [4.69, 9.17) is 0 Å². The molecular weight excluding hydrogens is 324 g/mol. The first-order valence-electron chi connectivity index (χ1n) is 8.15. The standard InChI is InChI=1S/C17H26N4S2/c1-4-18-17(20-11-15-13(2)8-10-22-15)19-9-6-5-7-16-21-14(3)12-23-16/h8,10,12H,4-7,9,11H2,1-3H3,(H2,18,19,20). The zero-order valence-corrected chi connectivity index (χ0v) is 15.8. The van der Waals surface area contributed by atoms with Crippen LogP contribution in [-0.2, 0) is 13.0 Å². The summed E-state index contributed by atoms with van der Waals surface area (Å²) >= 11 is 3.54. The Labute approximate surface area is 147 Å². The van der Waals surface area contributed by atoms with Crippen LogP contribution in [0.5, 0.6) is 0 Å². The number of thiophene rings is 1. The van der Waals surface area contributed by atoms with E-state index in [-0.39, 0.29) is 0 Å². The molecule has 0 spiro atoms. The monoisotopic (exact) mass is 350 g/mol. The number of unbranched alkanes of at least 4 members (excludes halogenated alkanes) is 1.